The van der Waals surface area contributed by atoms with Gasteiger partial charge < -0.3 is 14.7 Å². The summed E-state index contributed by atoms with van der Waals surface area (Å²) in [6.07, 6.45) is 5.54. The van der Waals surface area contributed by atoms with E-state index in [1.54, 1.807) is 0 Å². The van der Waals surface area contributed by atoms with Crippen molar-refractivity contribution < 1.29 is 14.6 Å². The zero-order valence-electron chi connectivity index (χ0n) is 12.4. The maximum Gasteiger partial charge on any atom is 0.410 e. The van der Waals surface area contributed by atoms with Gasteiger partial charge in [0.05, 0.1) is 0 Å². The van der Waals surface area contributed by atoms with E-state index in [-0.39, 0.29) is 6.09 Å². The molecule has 110 valence electrons. The highest BCUT2D eigenvalue weighted by Crippen LogP contribution is 2.46. The Balaban J connectivity index is 1.75. The number of nitrogens with zero attached hydrogens (tertiary/aromatic N) is 1. The molecule has 1 amide bonds. The smallest absolute Gasteiger partial charge is 0.410 e. The van der Waals surface area contributed by atoms with Gasteiger partial charge in [0, 0.05) is 25.1 Å². The van der Waals surface area contributed by atoms with Crippen molar-refractivity contribution in [1.29, 1.82) is 0 Å². The van der Waals surface area contributed by atoms with Crippen LogP contribution in [0.1, 0.15) is 52.9 Å². The van der Waals surface area contributed by atoms with E-state index < -0.39 is 5.60 Å². The normalized spacial score (nSPS) is 23.3. The van der Waals surface area contributed by atoms with Gasteiger partial charge in [-0.2, -0.15) is 0 Å². The number of aliphatic hydroxyl groups excluding tert-OH is 1. The van der Waals surface area contributed by atoms with E-state index in [2.05, 4.69) is 0 Å². The molecule has 1 aliphatic carbocycles. The van der Waals surface area contributed by atoms with Crippen molar-refractivity contribution in [3.8, 4) is 0 Å². The first-order chi connectivity index (χ1) is 8.84. The maximum atomic E-state index is 11.9. The maximum absolute atomic E-state index is 11.9. The number of hydrogen-bond acceptors (Lipinski definition) is 3. The average Bonchev–Trinajstić information content (AvgIpc) is 2.25. The molecule has 0 unspecified atom stereocenters. The van der Waals surface area contributed by atoms with E-state index in [0.29, 0.717) is 17.9 Å². The number of likely N-dealkylation sites (tertiary alicyclic amines) is 1. The number of rotatable bonds is 2. The third-order valence-corrected chi connectivity index (χ3v) is 4.41. The quantitative estimate of drug-likeness (QED) is 0.838. The van der Waals surface area contributed by atoms with E-state index in [4.69, 9.17) is 9.84 Å². The lowest BCUT2D eigenvalue weighted by Crippen LogP contribution is -2.60. The summed E-state index contributed by atoms with van der Waals surface area (Å²) in [7, 11) is 0. The highest BCUT2D eigenvalue weighted by atomic mass is 16.6. The van der Waals surface area contributed by atoms with Crippen LogP contribution in [0.3, 0.4) is 0 Å². The zero-order chi connectivity index (χ0) is 14.1. The Morgan fingerprint density at radius 1 is 1.32 bits per heavy atom. The van der Waals surface area contributed by atoms with Gasteiger partial charge >= 0.3 is 6.09 Å². The van der Waals surface area contributed by atoms with Crippen LogP contribution in [0.5, 0.6) is 0 Å². The largest absolute Gasteiger partial charge is 0.444 e. The Labute approximate surface area is 116 Å². The van der Waals surface area contributed by atoms with Crippen LogP contribution in [0.15, 0.2) is 0 Å². The minimum absolute atomic E-state index is 0.171. The summed E-state index contributed by atoms with van der Waals surface area (Å²) in [5.41, 5.74) is -0.0541. The molecule has 0 aromatic heterocycles. The van der Waals surface area contributed by atoms with Crippen LogP contribution in [0.2, 0.25) is 0 Å². The SMILES string of the molecule is CC(C)(C)OC(=O)N1CC2(CCC(CCO)CC2)C1. The predicted molar refractivity (Wildman–Crippen MR) is 73.9 cm³/mol. The summed E-state index contributed by atoms with van der Waals surface area (Å²) in [4.78, 5) is 13.7. The number of hydrogen-bond donors (Lipinski definition) is 1. The molecule has 1 saturated heterocycles. The van der Waals surface area contributed by atoms with Gasteiger partial charge in [0.2, 0.25) is 0 Å². The third kappa shape index (κ3) is 3.62. The Morgan fingerprint density at radius 2 is 1.89 bits per heavy atom. The molecule has 0 aromatic carbocycles. The Hall–Kier alpha value is -0.770. The van der Waals surface area contributed by atoms with Crippen LogP contribution in [0.25, 0.3) is 0 Å². The molecule has 0 aromatic rings. The van der Waals surface area contributed by atoms with Crippen molar-refractivity contribution in [2.75, 3.05) is 19.7 Å². The lowest BCUT2D eigenvalue weighted by atomic mass is 9.65. The zero-order valence-corrected chi connectivity index (χ0v) is 12.4. The molecule has 19 heavy (non-hydrogen) atoms. The fourth-order valence-electron chi connectivity index (χ4n) is 3.30. The standard InChI is InChI=1S/C15H27NO3/c1-14(2,3)19-13(18)16-10-15(11-16)7-4-12(5-8-15)6-9-17/h12,17H,4-11H2,1-3H3. The topological polar surface area (TPSA) is 49.8 Å². The van der Waals surface area contributed by atoms with E-state index in [1.165, 1.54) is 25.7 Å². The van der Waals surface area contributed by atoms with Gasteiger partial charge in [-0.05, 0) is 58.8 Å². The fourth-order valence-corrected chi connectivity index (χ4v) is 3.30. The molecular weight excluding hydrogens is 242 g/mol. The first-order valence-corrected chi connectivity index (χ1v) is 7.42. The molecule has 1 aliphatic heterocycles. The molecule has 2 rings (SSSR count). The summed E-state index contributed by atoms with van der Waals surface area (Å²) in [6.45, 7) is 7.73. The second-order valence-corrected chi connectivity index (χ2v) is 7.29. The average molecular weight is 269 g/mol. The summed E-state index contributed by atoms with van der Waals surface area (Å²) >= 11 is 0. The molecule has 2 aliphatic rings. The molecule has 1 spiro atoms. The van der Waals surface area contributed by atoms with Gasteiger partial charge in [-0.3, -0.25) is 0 Å². The molecule has 1 saturated carbocycles. The van der Waals surface area contributed by atoms with Crippen LogP contribution < -0.4 is 0 Å². The molecular formula is C15H27NO3. The molecule has 2 fully saturated rings. The number of aliphatic hydroxyl groups is 1. The van der Waals surface area contributed by atoms with Crippen LogP contribution in [-0.2, 0) is 4.74 Å². The second-order valence-electron chi connectivity index (χ2n) is 7.29. The highest BCUT2D eigenvalue weighted by Gasteiger charge is 2.47. The second kappa shape index (κ2) is 5.31. The number of carbonyl (C=O) groups excluding carboxylic acids is 1. The Morgan fingerprint density at radius 3 is 2.37 bits per heavy atom. The van der Waals surface area contributed by atoms with Crippen molar-refractivity contribution in [3.05, 3.63) is 0 Å². The van der Waals surface area contributed by atoms with Crippen molar-refractivity contribution in [2.24, 2.45) is 11.3 Å². The van der Waals surface area contributed by atoms with E-state index in [9.17, 15) is 4.79 Å². The lowest BCUT2D eigenvalue weighted by Gasteiger charge is -2.53. The molecule has 4 nitrogen and oxygen atoms in total. The fraction of sp³-hybridized carbons (Fsp3) is 0.933. The third-order valence-electron chi connectivity index (χ3n) is 4.41. The molecule has 1 heterocycles. The summed E-state index contributed by atoms with van der Waals surface area (Å²) < 4.78 is 5.39. The van der Waals surface area contributed by atoms with Gasteiger partial charge in [-0.15, -0.1) is 0 Å². The summed E-state index contributed by atoms with van der Waals surface area (Å²) in [5.74, 6) is 0.686. The molecule has 1 N–H and O–H groups in total. The van der Waals surface area contributed by atoms with Gasteiger partial charge in [-0.1, -0.05) is 0 Å². The van der Waals surface area contributed by atoms with E-state index in [0.717, 1.165) is 19.5 Å². The molecule has 0 bridgehead atoms. The molecule has 4 heteroatoms. The molecule has 0 atom stereocenters. The highest BCUT2D eigenvalue weighted by molar-refractivity contribution is 5.69. The lowest BCUT2D eigenvalue weighted by molar-refractivity contribution is -0.0552. The predicted octanol–water partition coefficient (Wildman–Crippen LogP) is 2.80. The van der Waals surface area contributed by atoms with E-state index in [1.807, 2.05) is 25.7 Å². The van der Waals surface area contributed by atoms with Gasteiger partial charge in [0.15, 0.2) is 0 Å². The van der Waals surface area contributed by atoms with Crippen molar-refractivity contribution in [1.82, 2.24) is 4.90 Å². The van der Waals surface area contributed by atoms with Crippen LogP contribution in [0, 0.1) is 11.3 Å². The van der Waals surface area contributed by atoms with E-state index >= 15 is 0 Å². The molecule has 0 radical (unpaired) electrons. The Bertz CT molecular complexity index is 319. The van der Waals surface area contributed by atoms with Crippen LogP contribution >= 0.6 is 0 Å². The number of carbonyl (C=O) groups is 1. The summed E-state index contributed by atoms with van der Waals surface area (Å²) in [5, 5.41) is 8.97. The monoisotopic (exact) mass is 269 g/mol. The van der Waals surface area contributed by atoms with Crippen molar-refractivity contribution >= 4 is 6.09 Å². The summed E-state index contributed by atoms with van der Waals surface area (Å²) in [6, 6.07) is 0. The van der Waals surface area contributed by atoms with Crippen LogP contribution in [-0.4, -0.2) is 41.4 Å². The van der Waals surface area contributed by atoms with Gasteiger partial charge in [-0.25, -0.2) is 4.79 Å². The number of amides is 1. The first kappa shape index (κ1) is 14.6. The van der Waals surface area contributed by atoms with Crippen molar-refractivity contribution in [2.45, 2.75) is 58.5 Å². The number of ether oxygens (including phenoxy) is 1. The van der Waals surface area contributed by atoms with Gasteiger partial charge in [0.1, 0.15) is 5.60 Å². The Kier molecular flexibility index (Phi) is 4.09. The minimum Gasteiger partial charge on any atom is -0.444 e. The minimum atomic E-state index is -0.404. The van der Waals surface area contributed by atoms with Gasteiger partial charge in [0.25, 0.3) is 0 Å². The van der Waals surface area contributed by atoms with Crippen molar-refractivity contribution in [3.63, 3.8) is 0 Å². The van der Waals surface area contributed by atoms with Crippen LogP contribution in [0.4, 0.5) is 4.79 Å². The first-order valence-electron chi connectivity index (χ1n) is 7.42.